The fourth-order valence-corrected chi connectivity index (χ4v) is 2.08. The van der Waals surface area contributed by atoms with Crippen molar-refractivity contribution in [2.45, 2.75) is 26.1 Å². The number of aromatic nitrogens is 2. The van der Waals surface area contributed by atoms with Gasteiger partial charge in [0.2, 0.25) is 0 Å². The van der Waals surface area contributed by atoms with Crippen molar-refractivity contribution in [2.24, 2.45) is 0 Å². The van der Waals surface area contributed by atoms with Crippen LogP contribution in [-0.4, -0.2) is 35.3 Å². The van der Waals surface area contributed by atoms with Crippen LogP contribution in [0.15, 0.2) is 12.4 Å². The molecule has 0 aliphatic carbocycles. The predicted molar refractivity (Wildman–Crippen MR) is 61.6 cm³/mol. The van der Waals surface area contributed by atoms with Crippen LogP contribution >= 0.6 is 12.2 Å². The largest absolute Gasteiger partial charge is 0.372 e. The van der Waals surface area contributed by atoms with Crippen molar-refractivity contribution < 1.29 is 4.74 Å². The van der Waals surface area contributed by atoms with Gasteiger partial charge in [0.25, 0.3) is 0 Å². The molecule has 2 atom stereocenters. The Hall–Kier alpha value is -0.940. The molecule has 0 bridgehead atoms. The minimum atomic E-state index is 0.254. The zero-order valence-electron chi connectivity index (χ0n) is 8.93. The minimum absolute atomic E-state index is 0.254. The van der Waals surface area contributed by atoms with E-state index in [9.17, 15) is 0 Å². The number of aromatic amines is 1. The molecule has 1 aliphatic heterocycles. The van der Waals surface area contributed by atoms with E-state index in [0.717, 1.165) is 18.9 Å². The molecule has 82 valence electrons. The number of anilines is 1. The zero-order chi connectivity index (χ0) is 10.8. The Bertz CT molecular complexity index is 382. The van der Waals surface area contributed by atoms with Crippen molar-refractivity contribution in [3.63, 3.8) is 0 Å². The summed E-state index contributed by atoms with van der Waals surface area (Å²) < 4.78 is 6.29. The van der Waals surface area contributed by atoms with Crippen molar-refractivity contribution in [1.82, 2.24) is 9.97 Å². The van der Waals surface area contributed by atoms with Crippen LogP contribution in [0.5, 0.6) is 0 Å². The normalized spacial score (nSPS) is 26.7. The molecule has 1 aliphatic rings. The SMILES string of the molecule is CC1CN(c2cc(=S)nc[nH]2)CC(C)O1. The van der Waals surface area contributed by atoms with Gasteiger partial charge in [0, 0.05) is 19.2 Å². The van der Waals surface area contributed by atoms with Gasteiger partial charge in [-0.3, -0.25) is 0 Å². The summed E-state index contributed by atoms with van der Waals surface area (Å²) in [4.78, 5) is 9.33. The maximum atomic E-state index is 5.67. The van der Waals surface area contributed by atoms with E-state index in [4.69, 9.17) is 17.0 Å². The Labute approximate surface area is 94.3 Å². The van der Waals surface area contributed by atoms with E-state index in [1.54, 1.807) is 6.33 Å². The first kappa shape index (κ1) is 10.6. The first-order valence-corrected chi connectivity index (χ1v) is 5.51. The number of morpholine rings is 1. The Kier molecular flexibility index (Phi) is 3.02. The molecule has 2 unspecified atom stereocenters. The Morgan fingerprint density at radius 2 is 2.13 bits per heavy atom. The smallest absolute Gasteiger partial charge is 0.131 e. The molecule has 1 aromatic heterocycles. The molecular weight excluding hydrogens is 210 g/mol. The molecule has 1 N–H and O–H groups in total. The lowest BCUT2D eigenvalue weighted by atomic mass is 10.2. The van der Waals surface area contributed by atoms with Crippen molar-refractivity contribution in [3.05, 3.63) is 17.0 Å². The van der Waals surface area contributed by atoms with Crippen LogP contribution in [0.25, 0.3) is 0 Å². The fraction of sp³-hybridized carbons (Fsp3) is 0.600. The third-order valence-electron chi connectivity index (χ3n) is 2.42. The van der Waals surface area contributed by atoms with Gasteiger partial charge < -0.3 is 14.6 Å². The van der Waals surface area contributed by atoms with Crippen molar-refractivity contribution in [2.75, 3.05) is 18.0 Å². The lowest BCUT2D eigenvalue weighted by Crippen LogP contribution is -2.45. The second-order valence-electron chi connectivity index (χ2n) is 3.93. The van der Waals surface area contributed by atoms with Crippen molar-refractivity contribution in [3.8, 4) is 0 Å². The number of nitrogens with one attached hydrogen (secondary N) is 1. The van der Waals surface area contributed by atoms with Crippen LogP contribution in [-0.2, 0) is 4.74 Å². The summed E-state index contributed by atoms with van der Waals surface area (Å²) in [6.45, 7) is 5.94. The zero-order valence-corrected chi connectivity index (χ0v) is 9.75. The standard InChI is InChI=1S/C10H15N3OS/c1-7-4-13(5-8(2)14-7)9-3-10(15)12-6-11-9/h3,6-8H,4-5H2,1-2H3,(H,11,12,15). The summed E-state index contributed by atoms with van der Waals surface area (Å²) >= 11 is 5.04. The first-order valence-electron chi connectivity index (χ1n) is 5.10. The van der Waals surface area contributed by atoms with E-state index in [2.05, 4.69) is 28.7 Å². The number of hydrogen-bond donors (Lipinski definition) is 1. The first-order chi connectivity index (χ1) is 7.15. The highest BCUT2D eigenvalue weighted by molar-refractivity contribution is 7.71. The lowest BCUT2D eigenvalue weighted by molar-refractivity contribution is -0.00546. The molecule has 4 nitrogen and oxygen atoms in total. The molecule has 5 heteroatoms. The van der Waals surface area contributed by atoms with E-state index < -0.39 is 0 Å². The molecule has 0 saturated carbocycles. The Morgan fingerprint density at radius 3 is 2.73 bits per heavy atom. The van der Waals surface area contributed by atoms with Gasteiger partial charge in [-0.15, -0.1) is 0 Å². The van der Waals surface area contributed by atoms with Gasteiger partial charge in [-0.25, -0.2) is 4.98 Å². The van der Waals surface area contributed by atoms with E-state index in [-0.39, 0.29) is 12.2 Å². The number of hydrogen-bond acceptors (Lipinski definition) is 4. The number of rotatable bonds is 1. The van der Waals surface area contributed by atoms with Crippen LogP contribution in [0.2, 0.25) is 0 Å². The van der Waals surface area contributed by atoms with Crippen molar-refractivity contribution >= 4 is 18.0 Å². The fourth-order valence-electron chi connectivity index (χ4n) is 1.92. The van der Waals surface area contributed by atoms with Crippen LogP contribution in [0, 0.1) is 4.64 Å². The molecule has 1 fully saturated rings. The van der Waals surface area contributed by atoms with Gasteiger partial charge in [-0.05, 0) is 13.8 Å². The maximum absolute atomic E-state index is 5.67. The second kappa shape index (κ2) is 4.28. The number of nitrogens with zero attached hydrogens (tertiary/aromatic N) is 2. The average molecular weight is 225 g/mol. The van der Waals surface area contributed by atoms with Crippen LogP contribution in [0.3, 0.4) is 0 Å². The minimum Gasteiger partial charge on any atom is -0.372 e. The quantitative estimate of drug-likeness (QED) is 0.739. The molecule has 1 saturated heterocycles. The molecule has 2 heterocycles. The molecule has 0 amide bonds. The second-order valence-corrected chi connectivity index (χ2v) is 4.35. The van der Waals surface area contributed by atoms with Gasteiger partial charge in [-0.1, -0.05) is 12.2 Å². The average Bonchev–Trinajstić information content (AvgIpc) is 2.16. The summed E-state index contributed by atoms with van der Waals surface area (Å²) in [5.74, 6) is 1.03. The topological polar surface area (TPSA) is 41.2 Å². The summed E-state index contributed by atoms with van der Waals surface area (Å²) in [5, 5.41) is 0. The van der Waals surface area contributed by atoms with E-state index in [0.29, 0.717) is 4.64 Å². The van der Waals surface area contributed by atoms with Crippen molar-refractivity contribution in [1.29, 1.82) is 0 Å². The van der Waals surface area contributed by atoms with Gasteiger partial charge in [0.05, 0.1) is 18.5 Å². The monoisotopic (exact) mass is 225 g/mol. The van der Waals surface area contributed by atoms with E-state index >= 15 is 0 Å². The predicted octanol–water partition coefficient (Wildman–Crippen LogP) is 1.75. The van der Waals surface area contributed by atoms with Gasteiger partial charge in [0.1, 0.15) is 10.5 Å². The molecular formula is C10H15N3OS. The molecule has 0 spiro atoms. The summed E-state index contributed by atoms with van der Waals surface area (Å²) in [6, 6.07) is 1.89. The third kappa shape index (κ3) is 2.54. The summed E-state index contributed by atoms with van der Waals surface area (Å²) in [6.07, 6.45) is 2.15. The van der Waals surface area contributed by atoms with Gasteiger partial charge in [-0.2, -0.15) is 0 Å². The highest BCUT2D eigenvalue weighted by atomic mass is 32.1. The third-order valence-corrected chi connectivity index (χ3v) is 2.65. The van der Waals surface area contributed by atoms with Crippen LogP contribution in [0.4, 0.5) is 5.82 Å². The van der Waals surface area contributed by atoms with E-state index in [1.807, 2.05) is 6.07 Å². The Morgan fingerprint density at radius 1 is 1.47 bits per heavy atom. The summed E-state index contributed by atoms with van der Waals surface area (Å²) in [5.41, 5.74) is 0. The van der Waals surface area contributed by atoms with Crippen LogP contribution < -0.4 is 4.90 Å². The lowest BCUT2D eigenvalue weighted by Gasteiger charge is -2.36. The van der Waals surface area contributed by atoms with Crippen LogP contribution in [0.1, 0.15) is 13.8 Å². The highest BCUT2D eigenvalue weighted by Gasteiger charge is 2.22. The molecule has 1 aromatic rings. The van der Waals surface area contributed by atoms with Gasteiger partial charge >= 0.3 is 0 Å². The maximum Gasteiger partial charge on any atom is 0.131 e. The highest BCUT2D eigenvalue weighted by Crippen LogP contribution is 2.17. The molecule has 15 heavy (non-hydrogen) atoms. The number of H-pyrrole nitrogens is 1. The molecule has 0 radical (unpaired) electrons. The summed E-state index contributed by atoms with van der Waals surface area (Å²) in [7, 11) is 0. The van der Waals surface area contributed by atoms with Gasteiger partial charge in [0.15, 0.2) is 0 Å². The van der Waals surface area contributed by atoms with E-state index in [1.165, 1.54) is 0 Å². The number of ether oxygens (including phenoxy) is 1. The Balaban J connectivity index is 2.19. The molecule has 2 rings (SSSR count). The molecule has 0 aromatic carbocycles.